The zero-order valence-corrected chi connectivity index (χ0v) is 27.2. The average molecular weight is 628 g/mol. The first-order valence-electron chi connectivity index (χ1n) is 16.4. The molecule has 3 N–H and O–H groups in total. The van der Waals surface area contributed by atoms with Crippen LogP contribution < -0.4 is 10.6 Å². The summed E-state index contributed by atoms with van der Waals surface area (Å²) in [5.74, 6) is 2.16. The summed E-state index contributed by atoms with van der Waals surface area (Å²) < 4.78 is 8.39. The maximum atomic E-state index is 11.1. The number of β-amino-alcohol motifs (C(OH)–C–C–N with tert-alkyl or cyclic N) is 1. The van der Waals surface area contributed by atoms with Crippen molar-refractivity contribution in [2.75, 3.05) is 37.3 Å². The van der Waals surface area contributed by atoms with E-state index in [1.165, 1.54) is 11.3 Å². The average Bonchev–Trinajstić information content (AvgIpc) is 3.81. The highest BCUT2D eigenvalue weighted by molar-refractivity contribution is 7.16. The number of aromatic nitrogens is 5. The predicted octanol–water partition coefficient (Wildman–Crippen LogP) is 4.96. The fraction of sp³-hybridized carbons (Fsp3) is 0.606. The van der Waals surface area contributed by atoms with E-state index >= 15 is 0 Å². The molecule has 4 aliphatic rings. The first-order chi connectivity index (χ1) is 21.7. The van der Waals surface area contributed by atoms with Crippen LogP contribution in [0.4, 0.5) is 10.8 Å². The standard InChI is InChI=1S/C33H41N9O2S/c1-19(23-9-6-14-40(23)3)42-31-22(17-36-42)30(41-15-7-11-32(2,43)18-41)37-29(38-31)26-20-8-4-12-33(27(20)44-39-26)13-5-10-24-25(33)21(16-34)28(35)45-24/h17,19,23,43H,4-15,18,35H2,1-3H3. The van der Waals surface area contributed by atoms with Crippen molar-refractivity contribution in [1.82, 2.24) is 29.8 Å². The van der Waals surface area contributed by atoms with Gasteiger partial charge in [0.25, 0.3) is 0 Å². The third kappa shape index (κ3) is 4.42. The van der Waals surface area contributed by atoms with Gasteiger partial charge in [-0.05, 0) is 97.2 Å². The van der Waals surface area contributed by atoms with Gasteiger partial charge in [0.1, 0.15) is 16.9 Å². The van der Waals surface area contributed by atoms with Gasteiger partial charge in [-0.3, -0.25) is 0 Å². The van der Waals surface area contributed by atoms with Crippen molar-refractivity contribution < 1.29 is 9.63 Å². The second kappa shape index (κ2) is 10.5. The molecule has 1 spiro atoms. The van der Waals surface area contributed by atoms with Crippen LogP contribution in [0.2, 0.25) is 0 Å². The maximum absolute atomic E-state index is 11.1. The Morgan fingerprint density at radius 1 is 1.16 bits per heavy atom. The van der Waals surface area contributed by atoms with Crippen LogP contribution in [0.5, 0.6) is 0 Å². The Hall–Kier alpha value is -3.53. The monoisotopic (exact) mass is 627 g/mol. The third-order valence-corrected chi connectivity index (χ3v) is 12.1. The molecule has 2 aliphatic carbocycles. The molecule has 8 rings (SSSR count). The number of likely N-dealkylation sites (N-methyl/N-ethyl adjacent to an activating group) is 1. The summed E-state index contributed by atoms with van der Waals surface area (Å²) >= 11 is 1.55. The van der Waals surface area contributed by atoms with Gasteiger partial charge < -0.3 is 25.2 Å². The van der Waals surface area contributed by atoms with E-state index in [4.69, 9.17) is 30.5 Å². The van der Waals surface area contributed by atoms with E-state index < -0.39 is 11.0 Å². The van der Waals surface area contributed by atoms with Crippen LogP contribution in [-0.2, 0) is 18.3 Å². The molecule has 236 valence electrons. The molecule has 4 aromatic heterocycles. The molecule has 0 radical (unpaired) electrons. The number of hydrogen-bond acceptors (Lipinski definition) is 11. The molecular weight excluding hydrogens is 586 g/mol. The molecule has 4 unspecified atom stereocenters. The topological polar surface area (TPSA) is 146 Å². The van der Waals surface area contributed by atoms with E-state index in [1.54, 1.807) is 11.3 Å². The second-order valence-corrected chi connectivity index (χ2v) is 15.2. The van der Waals surface area contributed by atoms with Crippen LogP contribution in [0, 0.1) is 11.3 Å². The molecule has 2 saturated heterocycles. The summed E-state index contributed by atoms with van der Waals surface area (Å²) in [7, 11) is 2.19. The summed E-state index contributed by atoms with van der Waals surface area (Å²) in [4.78, 5) is 16.2. The minimum atomic E-state index is -0.801. The molecule has 2 aliphatic heterocycles. The summed E-state index contributed by atoms with van der Waals surface area (Å²) in [6.07, 6.45) is 11.3. The second-order valence-electron chi connectivity index (χ2n) is 14.0. The zero-order valence-electron chi connectivity index (χ0n) is 26.3. The number of thiophene rings is 1. The summed E-state index contributed by atoms with van der Waals surface area (Å²) in [5, 5.41) is 32.3. The lowest BCUT2D eigenvalue weighted by Crippen LogP contribution is -2.46. The van der Waals surface area contributed by atoms with Crippen molar-refractivity contribution in [3.05, 3.63) is 33.5 Å². The predicted molar refractivity (Wildman–Crippen MR) is 173 cm³/mol. The van der Waals surface area contributed by atoms with Crippen LogP contribution in [-0.4, -0.2) is 73.2 Å². The summed E-state index contributed by atoms with van der Waals surface area (Å²) in [5.41, 5.74) is 9.32. The Labute approximate surface area is 267 Å². The normalized spacial score (nSPS) is 27.5. The quantitative estimate of drug-likeness (QED) is 0.318. The fourth-order valence-electron chi connectivity index (χ4n) is 8.88. The number of nitrogens with two attached hydrogens (primary N) is 1. The van der Waals surface area contributed by atoms with Crippen LogP contribution in [0.3, 0.4) is 0 Å². The SMILES string of the molecule is CC(C1CCCN1C)n1ncc2c(N3CCCC(C)(O)C3)nc(-c3noc4c3CCCC43CCCc4sc(N)c(C#N)c43)nc21. The Morgan fingerprint density at radius 3 is 2.73 bits per heavy atom. The minimum absolute atomic E-state index is 0.124. The number of aliphatic hydroxyl groups is 1. The first-order valence-corrected chi connectivity index (χ1v) is 17.3. The number of hydrogen-bond donors (Lipinski definition) is 2. The van der Waals surface area contributed by atoms with Gasteiger partial charge in [0.2, 0.25) is 0 Å². The zero-order chi connectivity index (χ0) is 31.1. The van der Waals surface area contributed by atoms with E-state index in [9.17, 15) is 10.4 Å². The van der Waals surface area contributed by atoms with E-state index in [1.807, 2.05) is 13.1 Å². The molecule has 45 heavy (non-hydrogen) atoms. The van der Waals surface area contributed by atoms with Crippen LogP contribution in [0.25, 0.3) is 22.6 Å². The van der Waals surface area contributed by atoms with E-state index in [0.29, 0.717) is 34.7 Å². The summed E-state index contributed by atoms with van der Waals surface area (Å²) in [6.45, 7) is 6.50. The number of likely N-dealkylation sites (tertiary alicyclic amines) is 1. The lowest BCUT2D eigenvalue weighted by molar-refractivity contribution is 0.0448. The number of rotatable bonds is 4. The Bertz CT molecular complexity index is 1830. The van der Waals surface area contributed by atoms with Gasteiger partial charge in [-0.15, -0.1) is 11.3 Å². The third-order valence-electron chi connectivity index (χ3n) is 11.0. The maximum Gasteiger partial charge on any atom is 0.186 e. The van der Waals surface area contributed by atoms with Gasteiger partial charge in [0.15, 0.2) is 22.9 Å². The van der Waals surface area contributed by atoms with Gasteiger partial charge in [0.05, 0.1) is 34.2 Å². The van der Waals surface area contributed by atoms with Crippen LogP contribution in [0.15, 0.2) is 10.7 Å². The molecule has 0 amide bonds. The van der Waals surface area contributed by atoms with Crippen molar-refractivity contribution in [2.45, 2.75) is 101 Å². The summed E-state index contributed by atoms with van der Waals surface area (Å²) in [6, 6.07) is 2.91. The Balaban J connectivity index is 1.30. The number of nitrogens with zero attached hydrogens (tertiary/aromatic N) is 8. The van der Waals surface area contributed by atoms with Gasteiger partial charge >= 0.3 is 0 Å². The fourth-order valence-corrected chi connectivity index (χ4v) is 10.0. The number of aryl methyl sites for hydroxylation is 1. The number of fused-ring (bicyclic) bond motifs is 5. The van der Waals surface area contributed by atoms with Gasteiger partial charge in [-0.25, -0.2) is 14.6 Å². The minimum Gasteiger partial charge on any atom is -0.389 e. The largest absolute Gasteiger partial charge is 0.389 e. The molecule has 11 nitrogen and oxygen atoms in total. The Morgan fingerprint density at radius 2 is 1.98 bits per heavy atom. The van der Waals surface area contributed by atoms with E-state index in [2.05, 4.69) is 34.5 Å². The molecule has 0 saturated carbocycles. The van der Waals surface area contributed by atoms with Gasteiger partial charge in [-0.1, -0.05) is 5.16 Å². The van der Waals surface area contributed by atoms with Crippen molar-refractivity contribution in [2.24, 2.45) is 0 Å². The van der Waals surface area contributed by atoms with Crippen molar-refractivity contribution in [1.29, 1.82) is 5.26 Å². The molecular formula is C33H41N9O2S. The Kier molecular flexibility index (Phi) is 6.75. The van der Waals surface area contributed by atoms with Gasteiger partial charge in [-0.2, -0.15) is 10.4 Å². The van der Waals surface area contributed by atoms with Crippen LogP contribution >= 0.6 is 11.3 Å². The number of piperidine rings is 1. The number of nitriles is 1. The molecule has 0 aromatic carbocycles. The van der Waals surface area contributed by atoms with Crippen molar-refractivity contribution >= 4 is 33.2 Å². The molecule has 0 bridgehead atoms. The van der Waals surface area contributed by atoms with Crippen molar-refractivity contribution in [3.8, 4) is 17.6 Å². The van der Waals surface area contributed by atoms with E-state index in [0.717, 1.165) is 105 Å². The van der Waals surface area contributed by atoms with Crippen LogP contribution in [0.1, 0.15) is 98.6 Å². The molecule has 4 atom stereocenters. The molecule has 6 heterocycles. The van der Waals surface area contributed by atoms with Crippen molar-refractivity contribution in [3.63, 3.8) is 0 Å². The number of anilines is 2. The highest BCUT2D eigenvalue weighted by Crippen LogP contribution is 2.55. The van der Waals surface area contributed by atoms with E-state index in [-0.39, 0.29) is 6.04 Å². The smallest absolute Gasteiger partial charge is 0.186 e. The number of nitrogen functional groups attached to an aromatic ring is 1. The lowest BCUT2D eigenvalue weighted by atomic mass is 9.63. The highest BCUT2D eigenvalue weighted by Gasteiger charge is 2.49. The molecule has 12 heteroatoms. The lowest BCUT2D eigenvalue weighted by Gasteiger charge is -2.39. The first kappa shape index (κ1) is 28.9. The van der Waals surface area contributed by atoms with Gasteiger partial charge in [0, 0.05) is 29.6 Å². The molecule has 2 fully saturated rings. The highest BCUT2D eigenvalue weighted by atomic mass is 32.1. The molecule has 4 aromatic rings.